The molecular formula is C16H24N2O. The standard InChI is InChI=1S/C16H24N2O/c1-12(14-7-5-6-13(8-14)10-17)18-15(11-19)9-16(2,3)4/h5-8,12,15,18-19H,9,11H2,1-4H3. The van der Waals surface area contributed by atoms with Crippen LogP contribution in [0.2, 0.25) is 0 Å². The van der Waals surface area contributed by atoms with Gasteiger partial charge in [0.05, 0.1) is 18.2 Å². The van der Waals surface area contributed by atoms with E-state index in [0.29, 0.717) is 5.56 Å². The molecule has 104 valence electrons. The highest BCUT2D eigenvalue weighted by Gasteiger charge is 2.20. The fraction of sp³-hybridized carbons (Fsp3) is 0.562. The summed E-state index contributed by atoms with van der Waals surface area (Å²) < 4.78 is 0. The first kappa shape index (κ1) is 15.7. The quantitative estimate of drug-likeness (QED) is 0.855. The summed E-state index contributed by atoms with van der Waals surface area (Å²) in [5.41, 5.74) is 1.92. The van der Waals surface area contributed by atoms with Crippen LogP contribution in [0.1, 0.15) is 51.3 Å². The van der Waals surface area contributed by atoms with Gasteiger partial charge >= 0.3 is 0 Å². The topological polar surface area (TPSA) is 56.0 Å². The summed E-state index contributed by atoms with van der Waals surface area (Å²) in [5, 5.41) is 21.8. The number of nitrogens with zero attached hydrogens (tertiary/aromatic N) is 1. The fourth-order valence-electron chi connectivity index (χ4n) is 2.24. The molecule has 19 heavy (non-hydrogen) atoms. The minimum atomic E-state index is 0.0701. The monoisotopic (exact) mass is 260 g/mol. The number of hydrogen-bond acceptors (Lipinski definition) is 3. The summed E-state index contributed by atoms with van der Waals surface area (Å²) in [6.07, 6.45) is 0.909. The van der Waals surface area contributed by atoms with E-state index in [2.05, 4.69) is 39.1 Å². The maximum Gasteiger partial charge on any atom is 0.0991 e. The predicted octanol–water partition coefficient (Wildman–Crippen LogP) is 3.01. The Hall–Kier alpha value is -1.37. The number of nitriles is 1. The first-order valence-corrected chi connectivity index (χ1v) is 6.72. The van der Waals surface area contributed by atoms with E-state index in [1.165, 1.54) is 0 Å². The average molecular weight is 260 g/mol. The van der Waals surface area contributed by atoms with E-state index < -0.39 is 0 Å². The lowest BCUT2D eigenvalue weighted by atomic mass is 9.88. The number of aliphatic hydroxyl groups excluding tert-OH is 1. The minimum Gasteiger partial charge on any atom is -0.395 e. The van der Waals surface area contributed by atoms with Gasteiger partial charge in [0.25, 0.3) is 0 Å². The van der Waals surface area contributed by atoms with Gasteiger partial charge in [-0.25, -0.2) is 0 Å². The van der Waals surface area contributed by atoms with Crippen molar-refractivity contribution >= 4 is 0 Å². The van der Waals surface area contributed by atoms with E-state index in [1.54, 1.807) is 6.07 Å². The molecule has 0 saturated carbocycles. The van der Waals surface area contributed by atoms with E-state index >= 15 is 0 Å². The van der Waals surface area contributed by atoms with E-state index in [4.69, 9.17) is 5.26 Å². The van der Waals surface area contributed by atoms with Crippen molar-refractivity contribution in [2.24, 2.45) is 5.41 Å². The highest BCUT2D eigenvalue weighted by atomic mass is 16.3. The minimum absolute atomic E-state index is 0.0701. The third-order valence-electron chi connectivity index (χ3n) is 3.08. The number of benzene rings is 1. The lowest BCUT2D eigenvalue weighted by Gasteiger charge is -2.28. The van der Waals surface area contributed by atoms with Gasteiger partial charge in [-0.15, -0.1) is 0 Å². The number of nitrogens with one attached hydrogen (secondary N) is 1. The molecule has 0 spiro atoms. The van der Waals surface area contributed by atoms with E-state index in [1.807, 2.05) is 18.2 Å². The van der Waals surface area contributed by atoms with Crippen LogP contribution in [0.5, 0.6) is 0 Å². The first-order chi connectivity index (χ1) is 8.85. The third-order valence-corrected chi connectivity index (χ3v) is 3.08. The molecule has 0 saturated heterocycles. The molecule has 0 aliphatic heterocycles. The first-order valence-electron chi connectivity index (χ1n) is 6.72. The summed E-state index contributed by atoms with van der Waals surface area (Å²) in [6, 6.07) is 9.93. The fourth-order valence-corrected chi connectivity index (χ4v) is 2.24. The predicted molar refractivity (Wildman–Crippen MR) is 77.7 cm³/mol. The molecule has 2 atom stereocenters. The SMILES string of the molecule is CC(NC(CO)CC(C)(C)C)c1cccc(C#N)c1. The van der Waals surface area contributed by atoms with Crippen LogP contribution in [0.3, 0.4) is 0 Å². The van der Waals surface area contributed by atoms with Gasteiger partial charge in [0, 0.05) is 12.1 Å². The number of rotatable bonds is 5. The molecule has 0 fully saturated rings. The van der Waals surface area contributed by atoms with Gasteiger partial charge in [-0.2, -0.15) is 5.26 Å². The Labute approximate surface area is 116 Å². The van der Waals surface area contributed by atoms with Crippen LogP contribution in [0, 0.1) is 16.7 Å². The lowest BCUT2D eigenvalue weighted by molar-refractivity contribution is 0.190. The van der Waals surface area contributed by atoms with Crippen molar-refractivity contribution in [3.05, 3.63) is 35.4 Å². The second-order valence-electron chi connectivity index (χ2n) is 6.27. The van der Waals surface area contributed by atoms with Crippen LogP contribution in [0.15, 0.2) is 24.3 Å². The normalized spacial score (nSPS) is 14.7. The van der Waals surface area contributed by atoms with Gasteiger partial charge in [-0.1, -0.05) is 32.9 Å². The van der Waals surface area contributed by atoms with Crippen molar-refractivity contribution in [3.8, 4) is 6.07 Å². The zero-order valence-electron chi connectivity index (χ0n) is 12.3. The molecule has 3 heteroatoms. The van der Waals surface area contributed by atoms with Crippen LogP contribution in [0.25, 0.3) is 0 Å². The zero-order valence-corrected chi connectivity index (χ0v) is 12.3. The van der Waals surface area contributed by atoms with Crippen LogP contribution in [-0.2, 0) is 0 Å². The zero-order chi connectivity index (χ0) is 14.5. The molecule has 0 amide bonds. The van der Waals surface area contributed by atoms with Crippen molar-refractivity contribution < 1.29 is 5.11 Å². The highest BCUT2D eigenvalue weighted by molar-refractivity contribution is 5.34. The van der Waals surface area contributed by atoms with Crippen LogP contribution in [0.4, 0.5) is 0 Å². The van der Waals surface area contributed by atoms with Crippen molar-refractivity contribution in [3.63, 3.8) is 0 Å². The molecule has 1 aromatic carbocycles. The second kappa shape index (κ2) is 6.70. The molecule has 1 aromatic rings. The Morgan fingerprint density at radius 2 is 2.05 bits per heavy atom. The smallest absolute Gasteiger partial charge is 0.0991 e. The number of hydrogen-bond donors (Lipinski definition) is 2. The summed E-state index contributed by atoms with van der Waals surface area (Å²) >= 11 is 0. The van der Waals surface area contributed by atoms with Gasteiger partial charge in [-0.05, 0) is 36.5 Å². The van der Waals surface area contributed by atoms with Crippen molar-refractivity contribution in [1.82, 2.24) is 5.32 Å². The maximum atomic E-state index is 9.47. The van der Waals surface area contributed by atoms with E-state index in [-0.39, 0.29) is 24.1 Å². The molecule has 0 bridgehead atoms. The molecule has 0 aliphatic rings. The van der Waals surface area contributed by atoms with E-state index in [9.17, 15) is 5.11 Å². The van der Waals surface area contributed by atoms with Crippen molar-refractivity contribution in [2.45, 2.75) is 46.2 Å². The highest BCUT2D eigenvalue weighted by Crippen LogP contribution is 2.23. The summed E-state index contributed by atoms with van der Waals surface area (Å²) in [7, 11) is 0. The molecular weight excluding hydrogens is 236 g/mol. The lowest BCUT2D eigenvalue weighted by Crippen LogP contribution is -2.37. The Kier molecular flexibility index (Phi) is 5.53. The Bertz CT molecular complexity index is 443. The van der Waals surface area contributed by atoms with Gasteiger partial charge in [0.1, 0.15) is 0 Å². The van der Waals surface area contributed by atoms with Crippen LogP contribution < -0.4 is 5.32 Å². The molecule has 2 unspecified atom stereocenters. The Morgan fingerprint density at radius 3 is 2.58 bits per heavy atom. The van der Waals surface area contributed by atoms with Gasteiger partial charge in [0.15, 0.2) is 0 Å². The summed E-state index contributed by atoms with van der Waals surface area (Å²) in [6.45, 7) is 8.68. The summed E-state index contributed by atoms with van der Waals surface area (Å²) in [5.74, 6) is 0. The number of aliphatic hydroxyl groups is 1. The van der Waals surface area contributed by atoms with Gasteiger partial charge < -0.3 is 10.4 Å². The molecule has 0 radical (unpaired) electrons. The summed E-state index contributed by atoms with van der Waals surface area (Å²) in [4.78, 5) is 0. The molecule has 2 N–H and O–H groups in total. The van der Waals surface area contributed by atoms with Crippen molar-refractivity contribution in [2.75, 3.05) is 6.61 Å². The second-order valence-corrected chi connectivity index (χ2v) is 6.27. The molecule has 0 aromatic heterocycles. The Balaban J connectivity index is 2.71. The van der Waals surface area contributed by atoms with Crippen LogP contribution in [-0.4, -0.2) is 17.8 Å². The largest absolute Gasteiger partial charge is 0.395 e. The van der Waals surface area contributed by atoms with Gasteiger partial charge in [-0.3, -0.25) is 0 Å². The maximum absolute atomic E-state index is 9.47. The molecule has 0 aliphatic carbocycles. The third kappa shape index (κ3) is 5.42. The van der Waals surface area contributed by atoms with Crippen molar-refractivity contribution in [1.29, 1.82) is 5.26 Å². The van der Waals surface area contributed by atoms with E-state index in [0.717, 1.165) is 12.0 Å². The molecule has 0 heterocycles. The van der Waals surface area contributed by atoms with Crippen LogP contribution >= 0.6 is 0 Å². The molecule has 1 rings (SSSR count). The van der Waals surface area contributed by atoms with Gasteiger partial charge in [0.2, 0.25) is 0 Å². The molecule has 3 nitrogen and oxygen atoms in total. The Morgan fingerprint density at radius 1 is 1.37 bits per heavy atom. The average Bonchev–Trinajstić information content (AvgIpc) is 2.36.